The molecule has 0 aromatic carbocycles. The summed E-state index contributed by atoms with van der Waals surface area (Å²) >= 11 is 0. The van der Waals surface area contributed by atoms with E-state index in [0.717, 1.165) is 0 Å². The molecule has 1 fully saturated rings. The van der Waals surface area contributed by atoms with E-state index in [-0.39, 0.29) is 16.7 Å². The van der Waals surface area contributed by atoms with Crippen molar-refractivity contribution >= 4 is 0 Å². The van der Waals surface area contributed by atoms with Crippen LogP contribution in [0.3, 0.4) is 0 Å². The summed E-state index contributed by atoms with van der Waals surface area (Å²) in [7, 11) is 3.21. The van der Waals surface area contributed by atoms with Crippen LogP contribution in [0.15, 0.2) is 0 Å². The van der Waals surface area contributed by atoms with Gasteiger partial charge in [-0.2, -0.15) is 0 Å². The molecule has 1 aliphatic rings. The standard InChI is InChI=1S/C11H23NO3/c1-11(14)6-4-10(13)8-9(11)5-7-12(2,3)15/h9-10,13-14H,4-8H2,1-3H3/t9-,10+,11+/m0/s1. The molecule has 4 nitrogen and oxygen atoms in total. The minimum absolute atomic E-state index is 0.0487. The van der Waals surface area contributed by atoms with Gasteiger partial charge in [0.05, 0.1) is 32.3 Å². The van der Waals surface area contributed by atoms with Crippen LogP contribution in [-0.2, 0) is 0 Å². The highest BCUT2D eigenvalue weighted by Crippen LogP contribution is 2.36. The molecule has 90 valence electrons. The topological polar surface area (TPSA) is 63.5 Å². The van der Waals surface area contributed by atoms with Gasteiger partial charge >= 0.3 is 0 Å². The van der Waals surface area contributed by atoms with Gasteiger partial charge in [0.15, 0.2) is 0 Å². The van der Waals surface area contributed by atoms with E-state index in [0.29, 0.717) is 32.2 Å². The predicted octanol–water partition coefficient (Wildman–Crippen LogP) is 0.863. The Morgan fingerprint density at radius 2 is 2.07 bits per heavy atom. The molecular weight excluding hydrogens is 194 g/mol. The van der Waals surface area contributed by atoms with Crippen molar-refractivity contribution < 1.29 is 14.9 Å². The van der Waals surface area contributed by atoms with Crippen molar-refractivity contribution in [2.24, 2.45) is 5.92 Å². The van der Waals surface area contributed by atoms with Crippen LogP contribution in [0.1, 0.15) is 32.6 Å². The van der Waals surface area contributed by atoms with E-state index in [1.165, 1.54) is 0 Å². The molecule has 1 rings (SSSR count). The van der Waals surface area contributed by atoms with Crippen LogP contribution in [0.25, 0.3) is 0 Å². The smallest absolute Gasteiger partial charge is 0.0783 e. The lowest BCUT2D eigenvalue weighted by atomic mass is 9.74. The van der Waals surface area contributed by atoms with Crippen LogP contribution in [0, 0.1) is 11.1 Å². The Morgan fingerprint density at radius 3 is 2.60 bits per heavy atom. The summed E-state index contributed by atoms with van der Waals surface area (Å²) in [5, 5.41) is 31.1. The number of quaternary nitrogens is 1. The zero-order valence-corrected chi connectivity index (χ0v) is 9.94. The first kappa shape index (κ1) is 12.9. The summed E-state index contributed by atoms with van der Waals surface area (Å²) in [5.74, 6) is 0.0487. The number of nitrogens with zero attached hydrogens (tertiary/aromatic N) is 1. The first-order valence-electron chi connectivity index (χ1n) is 5.65. The number of hydroxylamine groups is 3. The summed E-state index contributed by atoms with van der Waals surface area (Å²) in [6.45, 7) is 2.31. The average molecular weight is 217 g/mol. The highest BCUT2D eigenvalue weighted by molar-refractivity contribution is 4.89. The minimum Gasteiger partial charge on any atom is -0.633 e. The SMILES string of the molecule is C[C@@]1(O)CC[C@@H](O)C[C@@H]1CC[N+](C)(C)[O-]. The molecular formula is C11H23NO3. The molecule has 0 radical (unpaired) electrons. The van der Waals surface area contributed by atoms with Gasteiger partial charge < -0.3 is 20.1 Å². The minimum atomic E-state index is -0.714. The second-order valence-electron chi connectivity index (χ2n) is 5.57. The molecule has 15 heavy (non-hydrogen) atoms. The van der Waals surface area contributed by atoms with Crippen LogP contribution in [0.4, 0.5) is 0 Å². The molecule has 0 aliphatic heterocycles. The van der Waals surface area contributed by atoms with Crippen molar-refractivity contribution in [2.45, 2.75) is 44.3 Å². The maximum atomic E-state index is 11.4. The van der Waals surface area contributed by atoms with E-state index >= 15 is 0 Å². The van der Waals surface area contributed by atoms with Gasteiger partial charge in [0, 0.05) is 6.42 Å². The molecule has 2 N–H and O–H groups in total. The molecule has 1 saturated carbocycles. The first-order valence-corrected chi connectivity index (χ1v) is 5.65. The number of hydrogen-bond donors (Lipinski definition) is 2. The van der Waals surface area contributed by atoms with Crippen LogP contribution < -0.4 is 0 Å². The van der Waals surface area contributed by atoms with Crippen molar-refractivity contribution in [1.82, 2.24) is 0 Å². The van der Waals surface area contributed by atoms with Crippen LogP contribution >= 0.6 is 0 Å². The summed E-state index contributed by atoms with van der Waals surface area (Å²) in [4.78, 5) is 0. The molecule has 0 spiro atoms. The van der Waals surface area contributed by atoms with Gasteiger partial charge in [-0.1, -0.05) is 0 Å². The van der Waals surface area contributed by atoms with E-state index in [2.05, 4.69) is 0 Å². The quantitative estimate of drug-likeness (QED) is 0.544. The highest BCUT2D eigenvalue weighted by atomic mass is 16.5. The fraction of sp³-hybridized carbons (Fsp3) is 1.00. The van der Waals surface area contributed by atoms with E-state index in [9.17, 15) is 15.4 Å². The lowest BCUT2D eigenvalue weighted by Crippen LogP contribution is -2.44. The maximum Gasteiger partial charge on any atom is 0.0783 e. The largest absolute Gasteiger partial charge is 0.633 e. The van der Waals surface area contributed by atoms with Crippen LogP contribution in [0.2, 0.25) is 0 Å². The van der Waals surface area contributed by atoms with Crippen molar-refractivity contribution in [3.63, 3.8) is 0 Å². The summed E-state index contributed by atoms with van der Waals surface area (Å²) in [6, 6.07) is 0. The Hall–Kier alpha value is -0.160. The molecule has 0 unspecified atom stereocenters. The van der Waals surface area contributed by atoms with Gasteiger partial charge in [-0.05, 0) is 32.1 Å². The van der Waals surface area contributed by atoms with E-state index in [1.54, 1.807) is 14.1 Å². The zero-order valence-electron chi connectivity index (χ0n) is 9.94. The zero-order chi connectivity index (χ0) is 11.7. The van der Waals surface area contributed by atoms with Crippen molar-refractivity contribution in [1.29, 1.82) is 0 Å². The molecule has 0 aromatic rings. The second kappa shape index (κ2) is 4.37. The Balaban J connectivity index is 2.50. The molecule has 0 aromatic heterocycles. The Kier molecular flexibility index (Phi) is 3.76. The molecule has 0 saturated heterocycles. The molecule has 4 heteroatoms. The summed E-state index contributed by atoms with van der Waals surface area (Å²) in [6.07, 6.45) is 2.29. The van der Waals surface area contributed by atoms with Gasteiger partial charge in [0.1, 0.15) is 0 Å². The molecule has 0 heterocycles. The lowest BCUT2D eigenvalue weighted by Gasteiger charge is -2.42. The van der Waals surface area contributed by atoms with E-state index < -0.39 is 5.60 Å². The summed E-state index contributed by atoms with van der Waals surface area (Å²) in [5.41, 5.74) is -0.714. The first-order chi connectivity index (χ1) is 6.71. The maximum absolute atomic E-state index is 11.4. The average Bonchev–Trinajstić information content (AvgIpc) is 2.05. The predicted molar refractivity (Wildman–Crippen MR) is 58.9 cm³/mol. The lowest BCUT2D eigenvalue weighted by molar-refractivity contribution is -0.840. The van der Waals surface area contributed by atoms with Gasteiger partial charge in [-0.15, -0.1) is 0 Å². The monoisotopic (exact) mass is 217 g/mol. The third-order valence-corrected chi connectivity index (χ3v) is 3.44. The van der Waals surface area contributed by atoms with Crippen LogP contribution in [0.5, 0.6) is 0 Å². The molecule has 0 bridgehead atoms. The van der Waals surface area contributed by atoms with Gasteiger partial charge in [0.2, 0.25) is 0 Å². The third-order valence-electron chi connectivity index (χ3n) is 3.44. The Bertz CT molecular complexity index is 210. The number of rotatable bonds is 3. The fourth-order valence-electron chi connectivity index (χ4n) is 2.26. The number of aliphatic hydroxyl groups excluding tert-OH is 1. The van der Waals surface area contributed by atoms with Crippen LogP contribution in [-0.4, -0.2) is 47.2 Å². The third kappa shape index (κ3) is 4.07. The second-order valence-corrected chi connectivity index (χ2v) is 5.57. The number of aliphatic hydroxyl groups is 2. The molecule has 0 amide bonds. The van der Waals surface area contributed by atoms with E-state index in [1.807, 2.05) is 6.92 Å². The van der Waals surface area contributed by atoms with Gasteiger partial charge in [-0.3, -0.25) is 0 Å². The van der Waals surface area contributed by atoms with Crippen molar-refractivity contribution in [3.8, 4) is 0 Å². The van der Waals surface area contributed by atoms with Gasteiger partial charge in [-0.25, -0.2) is 0 Å². The molecule has 1 aliphatic carbocycles. The fourth-order valence-corrected chi connectivity index (χ4v) is 2.26. The molecule has 3 atom stereocenters. The van der Waals surface area contributed by atoms with E-state index in [4.69, 9.17) is 0 Å². The Morgan fingerprint density at radius 1 is 1.47 bits per heavy atom. The van der Waals surface area contributed by atoms with Crippen molar-refractivity contribution in [3.05, 3.63) is 5.21 Å². The number of hydrogen-bond acceptors (Lipinski definition) is 3. The highest BCUT2D eigenvalue weighted by Gasteiger charge is 2.38. The normalized spacial score (nSPS) is 38.0. The van der Waals surface area contributed by atoms with Crippen molar-refractivity contribution in [2.75, 3.05) is 20.6 Å². The summed E-state index contributed by atoms with van der Waals surface area (Å²) < 4.78 is -0.331. The Labute approximate surface area is 91.7 Å². The van der Waals surface area contributed by atoms with Gasteiger partial charge in [0.25, 0.3) is 0 Å².